The van der Waals surface area contributed by atoms with Crippen LogP contribution in [0.5, 0.6) is 0 Å². The van der Waals surface area contributed by atoms with Crippen LogP contribution in [-0.4, -0.2) is 11.8 Å². The lowest BCUT2D eigenvalue weighted by Gasteiger charge is -2.21. The fourth-order valence-electron chi connectivity index (χ4n) is 2.19. The maximum absolute atomic E-state index is 11.6. The zero-order valence-corrected chi connectivity index (χ0v) is 10.6. The Morgan fingerprint density at radius 3 is 2.50 bits per heavy atom. The summed E-state index contributed by atoms with van der Waals surface area (Å²) in [7, 11) is 0. The molecule has 0 amide bonds. The summed E-state index contributed by atoms with van der Waals surface area (Å²) in [6.45, 7) is 3.38. The van der Waals surface area contributed by atoms with Gasteiger partial charge in [0.15, 0.2) is 5.78 Å². The van der Waals surface area contributed by atoms with Crippen molar-refractivity contribution in [3.05, 3.63) is 47.2 Å². The first-order valence-electron chi connectivity index (χ1n) is 6.03. The van der Waals surface area contributed by atoms with Crippen LogP contribution < -0.4 is 0 Å². The van der Waals surface area contributed by atoms with Gasteiger partial charge in [-0.2, -0.15) is 0 Å². The lowest BCUT2D eigenvalue weighted by molar-refractivity contribution is -0.137. The van der Waals surface area contributed by atoms with Crippen molar-refractivity contribution in [2.24, 2.45) is 0 Å². The van der Waals surface area contributed by atoms with Gasteiger partial charge in [0.1, 0.15) is 5.76 Å². The molecule has 0 bridgehead atoms. The summed E-state index contributed by atoms with van der Waals surface area (Å²) in [6, 6.07) is 8.13. The van der Waals surface area contributed by atoms with Gasteiger partial charge in [0.05, 0.1) is 0 Å². The Kier molecular flexibility index (Phi) is 3.60. The van der Waals surface area contributed by atoms with Crippen molar-refractivity contribution in [2.75, 3.05) is 0 Å². The first-order chi connectivity index (χ1) is 8.54. The number of benzene rings is 1. The second-order valence-corrected chi connectivity index (χ2v) is 4.69. The first-order valence-corrected chi connectivity index (χ1v) is 6.03. The number of aryl methyl sites for hydroxylation is 1. The highest BCUT2D eigenvalue weighted by atomic mass is 16.5. The molecule has 94 valence electrons. The number of carbonyl (C=O) groups is 2. The molecule has 0 saturated carbocycles. The van der Waals surface area contributed by atoms with Crippen LogP contribution in [0.3, 0.4) is 0 Å². The number of rotatable bonds is 2. The van der Waals surface area contributed by atoms with Crippen molar-refractivity contribution >= 4 is 11.8 Å². The number of hydrogen-bond donors (Lipinski definition) is 0. The third-order valence-corrected chi connectivity index (χ3v) is 3.04. The van der Waals surface area contributed by atoms with E-state index < -0.39 is 0 Å². The highest BCUT2D eigenvalue weighted by molar-refractivity contribution is 5.92. The van der Waals surface area contributed by atoms with Crippen molar-refractivity contribution in [1.82, 2.24) is 0 Å². The number of ketones is 1. The molecule has 3 heteroatoms. The van der Waals surface area contributed by atoms with E-state index in [1.165, 1.54) is 18.6 Å². The van der Waals surface area contributed by atoms with E-state index in [0.717, 1.165) is 5.56 Å². The molecule has 0 aromatic heterocycles. The molecule has 0 aliphatic heterocycles. The Morgan fingerprint density at radius 1 is 1.22 bits per heavy atom. The van der Waals surface area contributed by atoms with Gasteiger partial charge in [-0.1, -0.05) is 29.8 Å². The lowest BCUT2D eigenvalue weighted by atomic mass is 9.86. The molecule has 18 heavy (non-hydrogen) atoms. The molecule has 0 saturated heterocycles. The molecule has 1 unspecified atom stereocenters. The number of hydrogen-bond acceptors (Lipinski definition) is 3. The molecule has 0 N–H and O–H groups in total. The summed E-state index contributed by atoms with van der Waals surface area (Å²) in [5.41, 5.74) is 2.31. The third kappa shape index (κ3) is 3.06. The quantitative estimate of drug-likeness (QED) is 0.751. The van der Waals surface area contributed by atoms with Gasteiger partial charge >= 0.3 is 5.97 Å². The second-order valence-electron chi connectivity index (χ2n) is 4.69. The van der Waals surface area contributed by atoms with E-state index in [4.69, 9.17) is 4.74 Å². The van der Waals surface area contributed by atoms with Crippen LogP contribution in [0.4, 0.5) is 0 Å². The molecule has 0 radical (unpaired) electrons. The van der Waals surface area contributed by atoms with Crippen LogP contribution >= 0.6 is 0 Å². The van der Waals surface area contributed by atoms with Gasteiger partial charge in [-0.15, -0.1) is 0 Å². The molecule has 1 atom stereocenters. The number of carbonyl (C=O) groups excluding carboxylic acids is 2. The van der Waals surface area contributed by atoms with Crippen molar-refractivity contribution < 1.29 is 14.3 Å². The third-order valence-electron chi connectivity index (χ3n) is 3.04. The predicted octanol–water partition coefficient (Wildman–Crippen LogP) is 2.89. The van der Waals surface area contributed by atoms with E-state index in [2.05, 4.69) is 0 Å². The maximum atomic E-state index is 11.6. The number of ether oxygens (including phenoxy) is 1. The smallest absolute Gasteiger partial charge is 0.307 e. The summed E-state index contributed by atoms with van der Waals surface area (Å²) in [6.07, 6.45) is 2.52. The highest BCUT2D eigenvalue weighted by Crippen LogP contribution is 2.31. The largest absolute Gasteiger partial charge is 0.431 e. The van der Waals surface area contributed by atoms with Gasteiger partial charge in [-0.25, -0.2) is 0 Å². The zero-order valence-electron chi connectivity index (χ0n) is 10.6. The Balaban J connectivity index is 2.16. The minimum absolute atomic E-state index is 0.0167. The number of esters is 1. The minimum atomic E-state index is -0.376. The van der Waals surface area contributed by atoms with E-state index in [9.17, 15) is 9.59 Å². The fraction of sp³-hybridized carbons (Fsp3) is 0.333. The van der Waals surface area contributed by atoms with Gasteiger partial charge in [0.2, 0.25) is 0 Å². The highest BCUT2D eigenvalue weighted by Gasteiger charge is 2.23. The average Bonchev–Trinajstić information content (AvgIpc) is 2.28. The van der Waals surface area contributed by atoms with E-state index in [0.29, 0.717) is 18.6 Å². The maximum Gasteiger partial charge on any atom is 0.307 e. The van der Waals surface area contributed by atoms with Gasteiger partial charge < -0.3 is 4.74 Å². The van der Waals surface area contributed by atoms with E-state index in [1.54, 1.807) is 0 Å². The molecule has 1 aromatic carbocycles. The topological polar surface area (TPSA) is 43.4 Å². The van der Waals surface area contributed by atoms with Crippen LogP contribution in [0.1, 0.15) is 36.8 Å². The summed E-state index contributed by atoms with van der Waals surface area (Å²) in [5, 5.41) is 0. The lowest BCUT2D eigenvalue weighted by Crippen LogP contribution is -2.15. The van der Waals surface area contributed by atoms with Gasteiger partial charge in [0, 0.05) is 25.8 Å². The van der Waals surface area contributed by atoms with Crippen LogP contribution in [0.25, 0.3) is 0 Å². The first kappa shape index (κ1) is 12.6. The Hall–Kier alpha value is -1.90. The van der Waals surface area contributed by atoms with E-state index in [-0.39, 0.29) is 17.7 Å². The van der Waals surface area contributed by atoms with Crippen LogP contribution in [-0.2, 0) is 14.3 Å². The van der Waals surface area contributed by atoms with Crippen LogP contribution in [0, 0.1) is 6.92 Å². The molecule has 1 aliphatic rings. The monoisotopic (exact) mass is 244 g/mol. The van der Waals surface area contributed by atoms with Crippen molar-refractivity contribution in [3.8, 4) is 0 Å². The summed E-state index contributed by atoms with van der Waals surface area (Å²) < 4.78 is 5.04. The Morgan fingerprint density at radius 2 is 1.89 bits per heavy atom. The van der Waals surface area contributed by atoms with Crippen LogP contribution in [0.15, 0.2) is 36.1 Å². The SMILES string of the molecule is CC(=O)OC1=CC(=O)CC(c2ccc(C)cc2)C1. The van der Waals surface area contributed by atoms with E-state index in [1.807, 2.05) is 31.2 Å². The molecule has 3 nitrogen and oxygen atoms in total. The summed E-state index contributed by atoms with van der Waals surface area (Å²) in [5.74, 6) is 0.225. The molecule has 1 aliphatic carbocycles. The molecule has 1 aromatic rings. The van der Waals surface area contributed by atoms with Gasteiger partial charge in [0.25, 0.3) is 0 Å². The van der Waals surface area contributed by atoms with E-state index >= 15 is 0 Å². The second kappa shape index (κ2) is 5.17. The Bertz CT molecular complexity index is 497. The zero-order chi connectivity index (χ0) is 13.1. The van der Waals surface area contributed by atoms with Gasteiger partial charge in [-0.3, -0.25) is 9.59 Å². The minimum Gasteiger partial charge on any atom is -0.431 e. The standard InChI is InChI=1S/C15H16O3/c1-10-3-5-12(6-4-10)13-7-14(17)9-15(8-13)18-11(2)16/h3-6,9,13H,7-8H2,1-2H3. The van der Waals surface area contributed by atoms with Crippen molar-refractivity contribution in [3.63, 3.8) is 0 Å². The normalized spacial score (nSPS) is 19.3. The number of allylic oxidation sites excluding steroid dienone is 2. The van der Waals surface area contributed by atoms with Crippen molar-refractivity contribution in [2.45, 2.75) is 32.6 Å². The molecule has 0 spiro atoms. The average molecular weight is 244 g/mol. The van der Waals surface area contributed by atoms with Crippen molar-refractivity contribution in [1.29, 1.82) is 0 Å². The predicted molar refractivity (Wildman–Crippen MR) is 68.0 cm³/mol. The van der Waals surface area contributed by atoms with Crippen LogP contribution in [0.2, 0.25) is 0 Å². The molecule has 0 heterocycles. The molecular formula is C15H16O3. The molecular weight excluding hydrogens is 228 g/mol. The molecule has 2 rings (SSSR count). The van der Waals surface area contributed by atoms with Gasteiger partial charge in [-0.05, 0) is 18.4 Å². The summed E-state index contributed by atoms with van der Waals surface area (Å²) in [4.78, 5) is 22.6. The molecule has 0 fully saturated rings. The Labute approximate surface area is 106 Å². The fourth-order valence-corrected chi connectivity index (χ4v) is 2.19. The summed E-state index contributed by atoms with van der Waals surface area (Å²) >= 11 is 0.